The Morgan fingerprint density at radius 2 is 1.75 bits per heavy atom. The van der Waals surface area contributed by atoms with Gasteiger partial charge >= 0.3 is 12.1 Å². The molecule has 0 aliphatic carbocycles. The average Bonchev–Trinajstić information content (AvgIpc) is 2.14. The molecule has 1 rings (SSSR count). The summed E-state index contributed by atoms with van der Waals surface area (Å²) in [5, 5.41) is 5.64. The Balaban J connectivity index is 2.98. The zero-order chi connectivity index (χ0) is 12.5. The normalized spacial score (nSPS) is 22.1. The van der Waals surface area contributed by atoms with E-state index in [-0.39, 0.29) is 24.1 Å². The van der Waals surface area contributed by atoms with Crippen molar-refractivity contribution >= 4 is 12.1 Å². The largest absolute Gasteiger partial charge is 0.331 e. The lowest BCUT2D eigenvalue weighted by molar-refractivity contribution is 0.0694. The number of hydrogen-bond acceptors (Lipinski definition) is 3. The first-order valence-corrected chi connectivity index (χ1v) is 5.49. The Bertz CT molecular complexity index is 291. The first-order valence-electron chi connectivity index (χ1n) is 5.49. The van der Waals surface area contributed by atoms with Crippen LogP contribution in [0.1, 0.15) is 27.7 Å². The summed E-state index contributed by atoms with van der Waals surface area (Å²) in [6, 6.07) is -0.734. The smallest absolute Gasteiger partial charge is 0.304 e. The number of carbonyl (C=O) groups is 2. The van der Waals surface area contributed by atoms with Gasteiger partial charge in [-0.1, -0.05) is 0 Å². The maximum absolute atomic E-state index is 12.1. The van der Waals surface area contributed by atoms with Crippen molar-refractivity contribution in [3.8, 4) is 0 Å². The van der Waals surface area contributed by atoms with Crippen LogP contribution < -0.4 is 10.6 Å². The molecule has 92 valence electrons. The van der Waals surface area contributed by atoms with Crippen molar-refractivity contribution in [2.45, 2.75) is 46.1 Å². The van der Waals surface area contributed by atoms with Crippen molar-refractivity contribution in [2.24, 2.45) is 0 Å². The van der Waals surface area contributed by atoms with E-state index >= 15 is 0 Å². The first kappa shape index (κ1) is 12.8. The zero-order valence-corrected chi connectivity index (χ0v) is 10.4. The molecule has 0 aromatic rings. The molecular formula is C10H20N4O2. The van der Waals surface area contributed by atoms with Gasteiger partial charge in [-0.05, 0) is 34.7 Å². The van der Waals surface area contributed by atoms with Crippen LogP contribution in [0.15, 0.2) is 0 Å². The predicted molar refractivity (Wildman–Crippen MR) is 60.7 cm³/mol. The molecule has 6 nitrogen and oxygen atoms in total. The fraction of sp³-hybridized carbons (Fsp3) is 0.800. The molecule has 1 atom stereocenters. The molecule has 0 aromatic carbocycles. The fourth-order valence-corrected chi connectivity index (χ4v) is 1.76. The Labute approximate surface area is 96.0 Å². The number of rotatable bonds is 3. The zero-order valence-electron chi connectivity index (χ0n) is 10.4. The molecule has 0 radical (unpaired) electrons. The lowest BCUT2D eigenvalue weighted by atomic mass is 10.2. The molecule has 1 fully saturated rings. The molecular weight excluding hydrogens is 208 g/mol. The van der Waals surface area contributed by atoms with Crippen LogP contribution in [0.5, 0.6) is 0 Å². The molecule has 0 spiro atoms. The number of carbonyl (C=O) groups excluding carboxylic acids is 2. The van der Waals surface area contributed by atoms with E-state index in [1.54, 1.807) is 11.9 Å². The van der Waals surface area contributed by atoms with Crippen LogP contribution in [0.4, 0.5) is 9.59 Å². The highest BCUT2D eigenvalue weighted by atomic mass is 16.2. The third-order valence-electron chi connectivity index (χ3n) is 2.53. The summed E-state index contributed by atoms with van der Waals surface area (Å²) < 4.78 is 0. The van der Waals surface area contributed by atoms with Gasteiger partial charge in [0.2, 0.25) is 0 Å². The molecule has 4 amide bonds. The van der Waals surface area contributed by atoms with E-state index in [1.165, 1.54) is 4.90 Å². The van der Waals surface area contributed by atoms with Crippen LogP contribution in [-0.4, -0.2) is 47.3 Å². The molecule has 1 aliphatic rings. The number of nitrogens with zero attached hydrogens (tertiary/aromatic N) is 2. The van der Waals surface area contributed by atoms with E-state index in [0.717, 1.165) is 0 Å². The Morgan fingerprint density at radius 3 is 2.12 bits per heavy atom. The van der Waals surface area contributed by atoms with Gasteiger partial charge in [-0.2, -0.15) is 0 Å². The van der Waals surface area contributed by atoms with Gasteiger partial charge < -0.3 is 5.32 Å². The summed E-state index contributed by atoms with van der Waals surface area (Å²) in [6.45, 7) is 7.46. The second-order valence-corrected chi connectivity index (χ2v) is 4.39. The number of urea groups is 2. The van der Waals surface area contributed by atoms with E-state index in [4.69, 9.17) is 0 Å². The van der Waals surface area contributed by atoms with Gasteiger partial charge in [0.1, 0.15) is 0 Å². The molecule has 2 N–H and O–H groups in total. The molecule has 6 heteroatoms. The van der Waals surface area contributed by atoms with Gasteiger partial charge in [-0.3, -0.25) is 10.2 Å². The summed E-state index contributed by atoms with van der Waals surface area (Å²) in [6.07, 6.45) is -0.435. The predicted octanol–water partition coefficient (Wildman–Crippen LogP) is 0.753. The van der Waals surface area contributed by atoms with Crippen molar-refractivity contribution in [3.05, 3.63) is 0 Å². The van der Waals surface area contributed by atoms with Gasteiger partial charge in [-0.25, -0.2) is 14.5 Å². The molecule has 16 heavy (non-hydrogen) atoms. The fourth-order valence-electron chi connectivity index (χ4n) is 1.76. The lowest BCUT2D eigenvalue weighted by Crippen LogP contribution is -2.71. The minimum atomic E-state index is -0.435. The molecule has 1 aliphatic heterocycles. The number of hydrogen-bond donors (Lipinski definition) is 2. The van der Waals surface area contributed by atoms with E-state index in [0.29, 0.717) is 0 Å². The second kappa shape index (κ2) is 4.69. The Morgan fingerprint density at radius 1 is 1.19 bits per heavy atom. The number of imide groups is 1. The Kier molecular flexibility index (Phi) is 3.74. The van der Waals surface area contributed by atoms with Crippen LogP contribution in [0, 0.1) is 0 Å². The van der Waals surface area contributed by atoms with Crippen molar-refractivity contribution < 1.29 is 9.59 Å². The van der Waals surface area contributed by atoms with E-state index in [1.807, 2.05) is 27.7 Å². The van der Waals surface area contributed by atoms with E-state index in [9.17, 15) is 9.59 Å². The maximum Gasteiger partial charge on any atom is 0.331 e. The maximum atomic E-state index is 12.1. The van der Waals surface area contributed by atoms with Gasteiger partial charge in [0.05, 0.1) is 0 Å². The quantitative estimate of drug-likeness (QED) is 0.749. The number of nitrogens with one attached hydrogen (secondary N) is 2. The molecule has 1 saturated heterocycles. The SMILES string of the molecule is CNC1NC(=O)N(C(C)C)C(=O)N1C(C)C. The number of amides is 4. The van der Waals surface area contributed by atoms with Crippen LogP contribution >= 0.6 is 0 Å². The monoisotopic (exact) mass is 228 g/mol. The summed E-state index contributed by atoms with van der Waals surface area (Å²) in [5.74, 6) is 0. The molecule has 0 aromatic heterocycles. The highest BCUT2D eigenvalue weighted by molar-refractivity contribution is 5.96. The van der Waals surface area contributed by atoms with Crippen LogP contribution in [0.25, 0.3) is 0 Å². The standard InChI is InChI=1S/C10H20N4O2/c1-6(2)13-8(11-5)12-9(15)14(7(3)4)10(13)16/h6-8,11H,1-5H3,(H,12,15). The third kappa shape index (κ3) is 2.11. The van der Waals surface area contributed by atoms with Gasteiger partial charge in [-0.15, -0.1) is 0 Å². The first-order chi connectivity index (χ1) is 7.40. The van der Waals surface area contributed by atoms with Gasteiger partial charge in [0.15, 0.2) is 6.29 Å². The highest BCUT2D eigenvalue weighted by Gasteiger charge is 2.40. The Hall–Kier alpha value is -1.30. The third-order valence-corrected chi connectivity index (χ3v) is 2.53. The average molecular weight is 228 g/mol. The topological polar surface area (TPSA) is 64.7 Å². The molecule has 1 heterocycles. The van der Waals surface area contributed by atoms with Crippen molar-refractivity contribution in [1.82, 2.24) is 20.4 Å². The molecule has 0 saturated carbocycles. The minimum Gasteiger partial charge on any atom is -0.304 e. The van der Waals surface area contributed by atoms with Crippen LogP contribution in [0.3, 0.4) is 0 Å². The summed E-state index contributed by atoms with van der Waals surface area (Å²) >= 11 is 0. The molecule has 1 unspecified atom stereocenters. The van der Waals surface area contributed by atoms with Crippen molar-refractivity contribution in [2.75, 3.05) is 7.05 Å². The van der Waals surface area contributed by atoms with E-state index < -0.39 is 6.29 Å². The van der Waals surface area contributed by atoms with Crippen LogP contribution in [0.2, 0.25) is 0 Å². The summed E-state index contributed by atoms with van der Waals surface area (Å²) in [4.78, 5) is 26.7. The minimum absolute atomic E-state index is 0.0202. The molecule has 0 bridgehead atoms. The van der Waals surface area contributed by atoms with Gasteiger partial charge in [0.25, 0.3) is 0 Å². The van der Waals surface area contributed by atoms with Crippen LogP contribution in [-0.2, 0) is 0 Å². The highest BCUT2D eigenvalue weighted by Crippen LogP contribution is 2.15. The summed E-state index contributed by atoms with van der Waals surface area (Å²) in [5.41, 5.74) is 0. The van der Waals surface area contributed by atoms with Crippen molar-refractivity contribution in [3.63, 3.8) is 0 Å². The lowest BCUT2D eigenvalue weighted by Gasteiger charge is -2.44. The van der Waals surface area contributed by atoms with Gasteiger partial charge in [0, 0.05) is 12.1 Å². The second-order valence-electron chi connectivity index (χ2n) is 4.39. The summed E-state index contributed by atoms with van der Waals surface area (Å²) in [7, 11) is 1.71. The van der Waals surface area contributed by atoms with E-state index in [2.05, 4.69) is 10.6 Å². The van der Waals surface area contributed by atoms with Crippen molar-refractivity contribution in [1.29, 1.82) is 0 Å².